The Hall–Kier alpha value is -2.99. The molecule has 0 saturated carbocycles. The molecule has 2 aromatic carbocycles. The Bertz CT molecular complexity index is 1160. The first kappa shape index (κ1) is 16.2. The SMILES string of the molecule is Cc1nn(-c2nc3ccccc3s2)c2c1C(=O)C[C@@H](c1ccccc1O)C2. The van der Waals surface area contributed by atoms with Gasteiger partial charge in [0, 0.05) is 12.3 Å². The summed E-state index contributed by atoms with van der Waals surface area (Å²) >= 11 is 1.57. The molecule has 1 aliphatic carbocycles. The molecule has 1 N–H and O–H groups in total. The van der Waals surface area contributed by atoms with Crippen LogP contribution in [0.15, 0.2) is 48.5 Å². The number of phenols is 1. The second-order valence-electron chi connectivity index (χ2n) is 6.87. The lowest BCUT2D eigenvalue weighted by molar-refractivity contribution is 0.0963. The van der Waals surface area contributed by atoms with Gasteiger partial charge >= 0.3 is 0 Å². The van der Waals surface area contributed by atoms with Crippen LogP contribution in [0.25, 0.3) is 15.3 Å². The zero-order valence-electron chi connectivity index (χ0n) is 14.7. The zero-order chi connectivity index (χ0) is 18.5. The zero-order valence-corrected chi connectivity index (χ0v) is 15.5. The Morgan fingerprint density at radius 3 is 2.70 bits per heavy atom. The fourth-order valence-electron chi connectivity index (χ4n) is 3.92. The number of para-hydroxylation sites is 2. The van der Waals surface area contributed by atoms with E-state index in [1.54, 1.807) is 23.5 Å². The number of benzene rings is 2. The molecule has 0 radical (unpaired) electrons. The molecule has 2 aromatic heterocycles. The molecule has 6 heteroatoms. The van der Waals surface area contributed by atoms with Gasteiger partial charge in [0.25, 0.3) is 0 Å². The number of aromatic hydroxyl groups is 1. The van der Waals surface area contributed by atoms with Gasteiger partial charge in [-0.15, -0.1) is 0 Å². The number of phenolic OH excluding ortho intramolecular Hbond substituents is 1. The molecular formula is C21H17N3O2S. The van der Waals surface area contributed by atoms with E-state index in [1.165, 1.54) is 0 Å². The maximum Gasteiger partial charge on any atom is 0.211 e. The van der Waals surface area contributed by atoms with Gasteiger partial charge in [-0.3, -0.25) is 4.79 Å². The van der Waals surface area contributed by atoms with Crippen molar-refractivity contribution in [3.63, 3.8) is 0 Å². The standard InChI is InChI=1S/C21H17N3O2S/c1-12-20-16(10-13(11-18(20)26)14-6-2-4-8-17(14)25)24(23-12)21-22-15-7-3-5-9-19(15)27-21/h2-9,13,25H,10-11H2,1H3/t13-/m0/s1. The second kappa shape index (κ2) is 6.03. The summed E-state index contributed by atoms with van der Waals surface area (Å²) in [6.07, 6.45) is 1.03. The molecule has 0 saturated heterocycles. The van der Waals surface area contributed by atoms with Crippen molar-refractivity contribution in [2.45, 2.75) is 25.7 Å². The topological polar surface area (TPSA) is 68.0 Å². The molecule has 0 spiro atoms. The number of hydrogen-bond acceptors (Lipinski definition) is 5. The van der Waals surface area contributed by atoms with E-state index in [4.69, 9.17) is 4.98 Å². The monoisotopic (exact) mass is 375 g/mol. The highest BCUT2D eigenvalue weighted by Gasteiger charge is 2.33. The van der Waals surface area contributed by atoms with Crippen LogP contribution in [-0.4, -0.2) is 25.7 Å². The minimum Gasteiger partial charge on any atom is -0.508 e. The van der Waals surface area contributed by atoms with Crippen LogP contribution in [0.1, 0.15) is 39.6 Å². The minimum atomic E-state index is -0.0598. The van der Waals surface area contributed by atoms with E-state index in [9.17, 15) is 9.90 Å². The quantitative estimate of drug-likeness (QED) is 0.563. The first-order valence-electron chi connectivity index (χ1n) is 8.87. The third-order valence-corrected chi connectivity index (χ3v) is 6.16. The maximum atomic E-state index is 12.9. The number of rotatable bonds is 2. The average molecular weight is 375 g/mol. The highest BCUT2D eigenvalue weighted by molar-refractivity contribution is 7.20. The molecule has 2 heterocycles. The van der Waals surface area contributed by atoms with Crippen molar-refractivity contribution in [3.8, 4) is 10.9 Å². The molecule has 5 rings (SSSR count). The van der Waals surface area contributed by atoms with Gasteiger partial charge in [0.05, 0.1) is 27.2 Å². The molecule has 0 amide bonds. The van der Waals surface area contributed by atoms with Crippen LogP contribution in [0.5, 0.6) is 5.75 Å². The molecule has 0 unspecified atom stereocenters. The minimum absolute atomic E-state index is 0.0598. The molecule has 0 bridgehead atoms. The molecule has 4 aromatic rings. The number of hydrogen-bond donors (Lipinski definition) is 1. The first-order valence-corrected chi connectivity index (χ1v) is 9.69. The predicted molar refractivity (Wildman–Crippen MR) is 105 cm³/mol. The molecule has 0 aliphatic heterocycles. The number of carbonyl (C=O) groups is 1. The number of ketones is 1. The van der Waals surface area contributed by atoms with E-state index in [1.807, 2.05) is 48.0 Å². The Labute approximate surface area is 159 Å². The van der Waals surface area contributed by atoms with Gasteiger partial charge in [-0.25, -0.2) is 9.67 Å². The molecule has 5 nitrogen and oxygen atoms in total. The van der Waals surface area contributed by atoms with Gasteiger partial charge in [-0.05, 0) is 37.1 Å². The number of aromatic nitrogens is 3. The summed E-state index contributed by atoms with van der Waals surface area (Å²) in [5.41, 5.74) is 4.08. The van der Waals surface area contributed by atoms with E-state index in [0.29, 0.717) is 18.4 Å². The van der Waals surface area contributed by atoms with Crippen LogP contribution in [-0.2, 0) is 6.42 Å². The molecule has 27 heavy (non-hydrogen) atoms. The summed E-state index contributed by atoms with van der Waals surface area (Å²) in [6, 6.07) is 15.2. The first-order chi connectivity index (χ1) is 13.1. The Morgan fingerprint density at radius 2 is 1.89 bits per heavy atom. The smallest absolute Gasteiger partial charge is 0.211 e. The third kappa shape index (κ3) is 2.56. The van der Waals surface area contributed by atoms with Crippen LogP contribution in [0.4, 0.5) is 0 Å². The van der Waals surface area contributed by atoms with Gasteiger partial charge < -0.3 is 5.11 Å². The lowest BCUT2D eigenvalue weighted by Gasteiger charge is -2.23. The van der Waals surface area contributed by atoms with Crippen molar-refractivity contribution in [2.75, 3.05) is 0 Å². The Morgan fingerprint density at radius 1 is 1.11 bits per heavy atom. The Balaban J connectivity index is 1.64. The van der Waals surface area contributed by atoms with Gasteiger partial charge in [-0.2, -0.15) is 5.10 Å². The number of nitrogens with zero attached hydrogens (tertiary/aromatic N) is 3. The number of fused-ring (bicyclic) bond motifs is 2. The molecular weight excluding hydrogens is 358 g/mol. The lowest BCUT2D eigenvalue weighted by Crippen LogP contribution is -2.20. The fraction of sp³-hybridized carbons (Fsp3) is 0.190. The van der Waals surface area contributed by atoms with Crippen LogP contribution in [0, 0.1) is 6.92 Å². The average Bonchev–Trinajstić information content (AvgIpc) is 3.23. The number of thiazole rings is 1. The Kier molecular flexibility index (Phi) is 3.62. The summed E-state index contributed by atoms with van der Waals surface area (Å²) < 4.78 is 2.91. The highest BCUT2D eigenvalue weighted by atomic mass is 32.1. The third-order valence-electron chi connectivity index (χ3n) is 5.15. The number of Topliss-reactive ketones (excluding diaryl/α,β-unsaturated/α-hetero) is 1. The van der Waals surface area contributed by atoms with Crippen LogP contribution < -0.4 is 0 Å². The van der Waals surface area contributed by atoms with Crippen LogP contribution >= 0.6 is 11.3 Å². The molecule has 1 aliphatic rings. The van der Waals surface area contributed by atoms with E-state index < -0.39 is 0 Å². The second-order valence-corrected chi connectivity index (χ2v) is 7.88. The maximum absolute atomic E-state index is 12.9. The van der Waals surface area contributed by atoms with Crippen molar-refractivity contribution < 1.29 is 9.90 Å². The fourth-order valence-corrected chi connectivity index (χ4v) is 4.86. The molecule has 134 valence electrons. The highest BCUT2D eigenvalue weighted by Crippen LogP contribution is 2.38. The summed E-state index contributed by atoms with van der Waals surface area (Å²) in [5.74, 6) is 0.256. The summed E-state index contributed by atoms with van der Waals surface area (Å²) in [7, 11) is 0. The van der Waals surface area contributed by atoms with E-state index in [2.05, 4.69) is 5.10 Å². The largest absolute Gasteiger partial charge is 0.508 e. The van der Waals surface area contributed by atoms with Crippen molar-refractivity contribution >= 4 is 27.3 Å². The summed E-state index contributed by atoms with van der Waals surface area (Å²) in [6.45, 7) is 1.88. The molecule has 0 fully saturated rings. The predicted octanol–water partition coefficient (Wildman–Crippen LogP) is 4.41. The number of carbonyl (C=O) groups excluding carboxylic acids is 1. The van der Waals surface area contributed by atoms with Crippen molar-refractivity contribution in [1.82, 2.24) is 14.8 Å². The van der Waals surface area contributed by atoms with Gasteiger partial charge in [-0.1, -0.05) is 41.7 Å². The van der Waals surface area contributed by atoms with Gasteiger partial charge in [0.1, 0.15) is 5.75 Å². The van der Waals surface area contributed by atoms with E-state index in [-0.39, 0.29) is 17.5 Å². The van der Waals surface area contributed by atoms with E-state index in [0.717, 1.165) is 32.3 Å². The molecule has 1 atom stereocenters. The van der Waals surface area contributed by atoms with Gasteiger partial charge in [0.15, 0.2) is 5.78 Å². The normalized spacial score (nSPS) is 16.6. The number of aryl methyl sites for hydroxylation is 1. The lowest BCUT2D eigenvalue weighted by atomic mass is 9.81. The van der Waals surface area contributed by atoms with Crippen molar-refractivity contribution in [1.29, 1.82) is 0 Å². The summed E-state index contributed by atoms with van der Waals surface area (Å²) in [5, 5.41) is 15.6. The van der Waals surface area contributed by atoms with Gasteiger partial charge in [0.2, 0.25) is 5.13 Å². The summed E-state index contributed by atoms with van der Waals surface area (Å²) in [4.78, 5) is 17.6. The van der Waals surface area contributed by atoms with Crippen LogP contribution in [0.2, 0.25) is 0 Å². The van der Waals surface area contributed by atoms with Crippen LogP contribution in [0.3, 0.4) is 0 Å². The van der Waals surface area contributed by atoms with Crippen molar-refractivity contribution in [2.24, 2.45) is 0 Å². The van der Waals surface area contributed by atoms with E-state index >= 15 is 0 Å². The van der Waals surface area contributed by atoms with Crippen molar-refractivity contribution in [3.05, 3.63) is 71.0 Å².